The molecule has 5 nitrogen and oxygen atoms in total. The van der Waals surface area contributed by atoms with E-state index < -0.39 is 0 Å². The second-order valence-electron chi connectivity index (χ2n) is 3.40. The van der Waals surface area contributed by atoms with Gasteiger partial charge in [-0.15, -0.1) is 5.10 Å². The Morgan fingerprint density at radius 3 is 2.94 bits per heavy atom. The van der Waals surface area contributed by atoms with Gasteiger partial charge in [0.2, 0.25) is 0 Å². The first kappa shape index (κ1) is 11.9. The third-order valence-electron chi connectivity index (χ3n) is 2.30. The van der Waals surface area contributed by atoms with Crippen LogP contribution in [0.5, 0.6) is 0 Å². The summed E-state index contributed by atoms with van der Waals surface area (Å²) < 4.78 is 15.0. The predicted octanol–water partition coefficient (Wildman–Crippen LogP) is 0.857. The zero-order valence-corrected chi connectivity index (χ0v) is 9.92. The van der Waals surface area contributed by atoms with Crippen molar-refractivity contribution in [1.82, 2.24) is 14.8 Å². The molecular weight excluding hydrogens is 243 g/mol. The summed E-state index contributed by atoms with van der Waals surface area (Å²) in [5.41, 5.74) is 5.89. The smallest absolute Gasteiger partial charge is 0.326 e. The fraction of sp³-hybridized carbons (Fsp3) is 0.200. The summed E-state index contributed by atoms with van der Waals surface area (Å²) in [7, 11) is 1.57. The number of benzene rings is 1. The fourth-order valence-corrected chi connectivity index (χ4v) is 2.29. The van der Waals surface area contributed by atoms with Gasteiger partial charge in [0.1, 0.15) is 5.82 Å². The lowest BCUT2D eigenvalue weighted by Crippen LogP contribution is -2.13. The number of nitrogens with two attached hydrogens (primary N) is 1. The third-order valence-corrected chi connectivity index (χ3v) is 3.51. The first-order chi connectivity index (χ1) is 8.13. The summed E-state index contributed by atoms with van der Waals surface area (Å²) >= 11 is 1.08. The molecular formula is C10H11FN4OS. The van der Waals surface area contributed by atoms with Crippen molar-refractivity contribution < 1.29 is 4.39 Å². The van der Waals surface area contributed by atoms with E-state index in [0.29, 0.717) is 15.6 Å². The zero-order chi connectivity index (χ0) is 12.4. The van der Waals surface area contributed by atoms with Gasteiger partial charge < -0.3 is 5.73 Å². The Morgan fingerprint density at radius 1 is 1.59 bits per heavy atom. The van der Waals surface area contributed by atoms with Gasteiger partial charge in [-0.05, 0) is 23.4 Å². The average Bonchev–Trinajstić information content (AvgIpc) is 2.63. The summed E-state index contributed by atoms with van der Waals surface area (Å²) in [6.07, 6.45) is 0. The lowest BCUT2D eigenvalue weighted by Gasteiger charge is -2.07. The second kappa shape index (κ2) is 4.72. The van der Waals surface area contributed by atoms with E-state index in [1.807, 2.05) is 0 Å². The molecule has 1 aromatic heterocycles. The van der Waals surface area contributed by atoms with E-state index >= 15 is 0 Å². The minimum absolute atomic E-state index is 0.235. The Hall–Kier alpha value is -1.60. The molecule has 0 spiro atoms. The molecule has 0 aliphatic heterocycles. The van der Waals surface area contributed by atoms with E-state index in [1.54, 1.807) is 19.2 Å². The van der Waals surface area contributed by atoms with Crippen molar-refractivity contribution in [2.24, 2.45) is 12.8 Å². The molecule has 1 aromatic carbocycles. The van der Waals surface area contributed by atoms with Crippen LogP contribution >= 0.6 is 11.8 Å². The van der Waals surface area contributed by atoms with Crippen LogP contribution < -0.4 is 11.4 Å². The first-order valence-corrected chi connectivity index (χ1v) is 5.72. The van der Waals surface area contributed by atoms with Crippen LogP contribution in [-0.4, -0.2) is 14.8 Å². The van der Waals surface area contributed by atoms with Gasteiger partial charge in [-0.3, -0.25) is 4.57 Å². The Kier molecular flexibility index (Phi) is 3.30. The van der Waals surface area contributed by atoms with Crippen LogP contribution in [0, 0.1) is 5.82 Å². The van der Waals surface area contributed by atoms with E-state index in [4.69, 9.17) is 5.73 Å². The number of nitrogens with zero attached hydrogens (tertiary/aromatic N) is 2. The van der Waals surface area contributed by atoms with Gasteiger partial charge in [0.15, 0.2) is 5.16 Å². The van der Waals surface area contributed by atoms with Crippen LogP contribution in [0.25, 0.3) is 0 Å². The minimum atomic E-state index is -0.367. The van der Waals surface area contributed by atoms with Gasteiger partial charge in [0.05, 0.1) is 4.90 Å². The summed E-state index contributed by atoms with van der Waals surface area (Å²) in [5, 5.41) is 6.50. The topological polar surface area (TPSA) is 76.7 Å². The van der Waals surface area contributed by atoms with Crippen LogP contribution in [0.1, 0.15) is 5.56 Å². The lowest BCUT2D eigenvalue weighted by molar-refractivity contribution is 0.596. The summed E-state index contributed by atoms with van der Waals surface area (Å²) in [5.74, 6) is -0.367. The summed E-state index contributed by atoms with van der Waals surface area (Å²) in [4.78, 5) is 11.6. The third kappa shape index (κ3) is 2.25. The van der Waals surface area contributed by atoms with Crippen molar-refractivity contribution >= 4 is 11.8 Å². The molecule has 1 heterocycles. The van der Waals surface area contributed by atoms with E-state index in [1.165, 1.54) is 10.6 Å². The van der Waals surface area contributed by atoms with Gasteiger partial charge in [0.25, 0.3) is 0 Å². The summed E-state index contributed by atoms with van der Waals surface area (Å²) in [6.45, 7) is 0.235. The lowest BCUT2D eigenvalue weighted by atomic mass is 10.2. The Balaban J connectivity index is 2.42. The highest BCUT2D eigenvalue weighted by atomic mass is 32.2. The average molecular weight is 254 g/mol. The van der Waals surface area contributed by atoms with Gasteiger partial charge in [-0.25, -0.2) is 14.3 Å². The quantitative estimate of drug-likeness (QED) is 0.851. The Bertz CT molecular complexity index is 592. The standard InChI is InChI=1S/C10H11FN4OS/c1-15-9(16)13-14-10(15)17-8-6(5-12)3-2-4-7(8)11/h2-4H,5,12H2,1H3,(H,13,16). The van der Waals surface area contributed by atoms with Crippen LogP contribution in [0.3, 0.4) is 0 Å². The highest BCUT2D eigenvalue weighted by molar-refractivity contribution is 7.99. The van der Waals surface area contributed by atoms with Crippen LogP contribution in [0.15, 0.2) is 33.0 Å². The molecule has 0 radical (unpaired) electrons. The van der Waals surface area contributed by atoms with Gasteiger partial charge in [-0.1, -0.05) is 12.1 Å². The summed E-state index contributed by atoms with van der Waals surface area (Å²) in [6, 6.07) is 4.70. The molecule has 0 aliphatic carbocycles. The van der Waals surface area contributed by atoms with Gasteiger partial charge >= 0.3 is 5.69 Å². The number of halogens is 1. The second-order valence-corrected chi connectivity index (χ2v) is 4.38. The first-order valence-electron chi connectivity index (χ1n) is 4.90. The maximum Gasteiger partial charge on any atom is 0.343 e. The highest BCUT2D eigenvalue weighted by Gasteiger charge is 2.13. The highest BCUT2D eigenvalue weighted by Crippen LogP contribution is 2.30. The van der Waals surface area contributed by atoms with Crippen LogP contribution in [0.2, 0.25) is 0 Å². The molecule has 17 heavy (non-hydrogen) atoms. The van der Waals surface area contributed by atoms with Crippen molar-refractivity contribution in [3.8, 4) is 0 Å². The number of rotatable bonds is 3. The van der Waals surface area contributed by atoms with Crippen LogP contribution in [-0.2, 0) is 13.6 Å². The number of hydrogen-bond acceptors (Lipinski definition) is 4. The van der Waals surface area contributed by atoms with Crippen molar-refractivity contribution in [2.75, 3.05) is 0 Å². The van der Waals surface area contributed by atoms with E-state index in [9.17, 15) is 9.18 Å². The molecule has 0 amide bonds. The normalized spacial score (nSPS) is 10.8. The molecule has 0 saturated heterocycles. The van der Waals surface area contributed by atoms with E-state index in [2.05, 4.69) is 10.2 Å². The largest absolute Gasteiger partial charge is 0.343 e. The van der Waals surface area contributed by atoms with Crippen molar-refractivity contribution in [1.29, 1.82) is 0 Å². The number of hydrogen-bond donors (Lipinski definition) is 2. The molecule has 2 rings (SSSR count). The Labute approximate surface area is 101 Å². The molecule has 7 heteroatoms. The minimum Gasteiger partial charge on any atom is -0.326 e. The maximum atomic E-state index is 13.7. The molecule has 2 aromatic rings. The van der Waals surface area contributed by atoms with Crippen LogP contribution in [0.4, 0.5) is 4.39 Å². The number of aromatic amines is 1. The van der Waals surface area contributed by atoms with Gasteiger partial charge in [0, 0.05) is 13.6 Å². The molecule has 0 bridgehead atoms. The van der Waals surface area contributed by atoms with Crippen molar-refractivity contribution in [3.63, 3.8) is 0 Å². The van der Waals surface area contributed by atoms with Crippen molar-refractivity contribution in [3.05, 3.63) is 40.1 Å². The molecule has 0 saturated carbocycles. The molecule has 0 fully saturated rings. The Morgan fingerprint density at radius 2 is 2.35 bits per heavy atom. The number of H-pyrrole nitrogens is 1. The zero-order valence-electron chi connectivity index (χ0n) is 9.11. The molecule has 3 N–H and O–H groups in total. The molecule has 0 aliphatic rings. The SMILES string of the molecule is Cn1c(Sc2c(F)cccc2CN)n[nH]c1=O. The number of nitrogens with one attached hydrogen (secondary N) is 1. The van der Waals surface area contributed by atoms with Gasteiger partial charge in [-0.2, -0.15) is 0 Å². The number of aromatic nitrogens is 3. The molecule has 90 valence electrons. The fourth-order valence-electron chi connectivity index (χ4n) is 1.34. The predicted molar refractivity (Wildman–Crippen MR) is 62.2 cm³/mol. The van der Waals surface area contributed by atoms with Crippen molar-refractivity contribution in [2.45, 2.75) is 16.6 Å². The maximum absolute atomic E-state index is 13.7. The monoisotopic (exact) mass is 254 g/mol. The van der Waals surface area contributed by atoms with E-state index in [0.717, 1.165) is 11.8 Å². The molecule has 0 atom stereocenters. The van der Waals surface area contributed by atoms with E-state index in [-0.39, 0.29) is 18.1 Å². The molecule has 0 unspecified atom stereocenters.